The molecule has 5 nitrogen and oxygen atoms in total. The zero-order valence-electron chi connectivity index (χ0n) is 11.7. The molecule has 0 amide bonds. The van der Waals surface area contributed by atoms with E-state index in [1.807, 2.05) is 6.07 Å². The second-order valence-corrected chi connectivity index (χ2v) is 5.32. The lowest BCUT2D eigenvalue weighted by atomic mass is 10.1. The molecule has 0 saturated heterocycles. The number of carbonyl (C=O) groups is 1. The van der Waals surface area contributed by atoms with Gasteiger partial charge in [-0.15, -0.1) is 0 Å². The van der Waals surface area contributed by atoms with E-state index in [1.165, 1.54) is 12.1 Å². The number of nitrogens with one attached hydrogen (secondary N) is 1. The molecule has 0 aromatic heterocycles. The normalized spacial score (nSPS) is 10.6. The van der Waals surface area contributed by atoms with E-state index >= 15 is 0 Å². The first-order valence-electron chi connectivity index (χ1n) is 6.46. The van der Waals surface area contributed by atoms with Crippen molar-refractivity contribution in [2.24, 2.45) is 0 Å². The summed E-state index contributed by atoms with van der Waals surface area (Å²) in [5.74, 6) is -0.173. The third kappa shape index (κ3) is 3.59. The second-order valence-electron chi connectivity index (χ2n) is 4.46. The van der Waals surface area contributed by atoms with Gasteiger partial charge in [-0.05, 0) is 29.8 Å². The maximum Gasteiger partial charge on any atom is 0.292 e. The number of nitrogens with zero attached hydrogens (tertiary/aromatic N) is 1. The molecule has 0 spiro atoms. The number of nitro groups is 1. The molecule has 0 heterocycles. The Labute approximate surface area is 135 Å². The van der Waals surface area contributed by atoms with Crippen LogP contribution in [0.1, 0.15) is 15.9 Å². The van der Waals surface area contributed by atoms with Crippen LogP contribution in [0.25, 0.3) is 6.08 Å². The third-order valence-corrected chi connectivity index (χ3v) is 3.75. The van der Waals surface area contributed by atoms with Gasteiger partial charge in [-0.3, -0.25) is 14.9 Å². The van der Waals surface area contributed by atoms with E-state index in [4.69, 9.17) is 0 Å². The highest BCUT2D eigenvalue weighted by Crippen LogP contribution is 2.25. The van der Waals surface area contributed by atoms with Gasteiger partial charge >= 0.3 is 0 Å². The van der Waals surface area contributed by atoms with Crippen molar-refractivity contribution in [3.05, 3.63) is 74.3 Å². The van der Waals surface area contributed by atoms with Crippen molar-refractivity contribution in [1.82, 2.24) is 0 Å². The average Bonchev–Trinajstić information content (AvgIpc) is 2.52. The summed E-state index contributed by atoms with van der Waals surface area (Å²) in [6.07, 6.45) is 2.96. The molecule has 0 fully saturated rings. The lowest BCUT2D eigenvalue weighted by Gasteiger charge is -2.03. The minimum atomic E-state index is -0.460. The van der Waals surface area contributed by atoms with Crippen LogP contribution in [0.5, 0.6) is 0 Å². The Hall–Kier alpha value is -2.47. The number of hydrogen-bond acceptors (Lipinski definition) is 4. The largest absolute Gasteiger partial charge is 0.383 e. The van der Waals surface area contributed by atoms with Crippen LogP contribution in [-0.2, 0) is 0 Å². The first kappa shape index (κ1) is 15.9. The summed E-state index contributed by atoms with van der Waals surface area (Å²) in [7, 11) is 1.62. The van der Waals surface area contributed by atoms with E-state index in [-0.39, 0.29) is 11.5 Å². The number of rotatable bonds is 5. The fourth-order valence-corrected chi connectivity index (χ4v) is 2.42. The van der Waals surface area contributed by atoms with Gasteiger partial charge < -0.3 is 5.32 Å². The predicted octanol–water partition coefficient (Wildman–Crippen LogP) is 4.30. The highest BCUT2D eigenvalue weighted by Gasteiger charge is 2.12. The fourth-order valence-electron chi connectivity index (χ4n) is 1.94. The van der Waals surface area contributed by atoms with Crippen molar-refractivity contribution in [3.63, 3.8) is 0 Å². The van der Waals surface area contributed by atoms with Gasteiger partial charge in [-0.2, -0.15) is 0 Å². The molecule has 0 bridgehead atoms. The number of allylic oxidation sites excluding steroid dienone is 1. The summed E-state index contributed by atoms with van der Waals surface area (Å²) < 4.78 is 0.709. The van der Waals surface area contributed by atoms with Gasteiger partial charge in [0, 0.05) is 23.2 Å². The van der Waals surface area contributed by atoms with E-state index in [0.717, 1.165) is 0 Å². The molecule has 2 rings (SSSR count). The van der Waals surface area contributed by atoms with Crippen molar-refractivity contribution in [2.75, 3.05) is 12.4 Å². The van der Waals surface area contributed by atoms with Crippen LogP contribution in [0.4, 0.5) is 11.4 Å². The summed E-state index contributed by atoms with van der Waals surface area (Å²) in [5.41, 5.74) is 1.53. The Morgan fingerprint density at radius 1 is 1.27 bits per heavy atom. The van der Waals surface area contributed by atoms with Crippen LogP contribution in [0.15, 0.2) is 53.0 Å². The van der Waals surface area contributed by atoms with Crippen molar-refractivity contribution >= 4 is 39.2 Å². The van der Waals surface area contributed by atoms with Crippen LogP contribution >= 0.6 is 15.9 Å². The van der Waals surface area contributed by atoms with Gasteiger partial charge in [0.05, 0.1) is 4.92 Å². The average molecular weight is 361 g/mol. The van der Waals surface area contributed by atoms with Crippen LogP contribution in [-0.4, -0.2) is 17.8 Å². The van der Waals surface area contributed by atoms with Crippen molar-refractivity contribution < 1.29 is 9.72 Å². The molecular weight excluding hydrogens is 348 g/mol. The summed E-state index contributed by atoms with van der Waals surface area (Å²) in [6, 6.07) is 11.8. The van der Waals surface area contributed by atoms with E-state index in [9.17, 15) is 14.9 Å². The molecule has 0 unspecified atom stereocenters. The number of anilines is 1. The van der Waals surface area contributed by atoms with Gasteiger partial charge in [-0.25, -0.2) is 0 Å². The molecule has 0 aliphatic carbocycles. The van der Waals surface area contributed by atoms with Crippen molar-refractivity contribution in [2.45, 2.75) is 0 Å². The fraction of sp³-hybridized carbons (Fsp3) is 0.0625. The number of ketones is 1. The number of halogens is 1. The summed E-state index contributed by atoms with van der Waals surface area (Å²) >= 11 is 3.32. The highest BCUT2D eigenvalue weighted by atomic mass is 79.9. The van der Waals surface area contributed by atoms with E-state index in [1.54, 1.807) is 43.5 Å². The third-order valence-electron chi connectivity index (χ3n) is 3.05. The molecule has 0 radical (unpaired) electrons. The molecule has 22 heavy (non-hydrogen) atoms. The minimum absolute atomic E-state index is 0.0296. The molecule has 112 valence electrons. The zero-order valence-corrected chi connectivity index (χ0v) is 13.3. The smallest absolute Gasteiger partial charge is 0.292 e. The molecule has 0 saturated carbocycles. The van der Waals surface area contributed by atoms with Gasteiger partial charge in [-0.1, -0.05) is 40.2 Å². The Bertz CT molecular complexity index is 757. The quantitative estimate of drug-likeness (QED) is 0.373. The molecule has 0 aliphatic rings. The Kier molecular flexibility index (Phi) is 5.06. The maximum atomic E-state index is 12.1. The second kappa shape index (κ2) is 7.00. The number of nitro benzene ring substituents is 1. The van der Waals surface area contributed by atoms with Crippen LogP contribution < -0.4 is 5.32 Å². The molecule has 2 aromatic carbocycles. The topological polar surface area (TPSA) is 72.2 Å². The molecule has 0 atom stereocenters. The van der Waals surface area contributed by atoms with E-state index in [2.05, 4.69) is 21.2 Å². The van der Waals surface area contributed by atoms with Crippen LogP contribution in [0.2, 0.25) is 0 Å². The first-order valence-corrected chi connectivity index (χ1v) is 7.25. The standard InChI is InChI=1S/C16H13BrN2O3/c1-18-14-8-6-11(10-15(14)19(21)22)7-9-16(20)12-4-2-3-5-13(12)17/h2-10,18H,1H3/b9-7+. The molecule has 0 aliphatic heterocycles. The molecule has 6 heteroatoms. The van der Waals surface area contributed by atoms with Crippen molar-refractivity contribution in [1.29, 1.82) is 0 Å². The first-order chi connectivity index (χ1) is 10.5. The van der Waals surface area contributed by atoms with Gasteiger partial charge in [0.15, 0.2) is 5.78 Å². The highest BCUT2D eigenvalue weighted by molar-refractivity contribution is 9.10. The minimum Gasteiger partial charge on any atom is -0.383 e. The number of hydrogen-bond donors (Lipinski definition) is 1. The molecule has 1 N–H and O–H groups in total. The van der Waals surface area contributed by atoms with Crippen molar-refractivity contribution in [3.8, 4) is 0 Å². The van der Waals surface area contributed by atoms with E-state index < -0.39 is 4.92 Å². The molecule has 2 aromatic rings. The maximum absolute atomic E-state index is 12.1. The summed E-state index contributed by atoms with van der Waals surface area (Å²) in [6.45, 7) is 0. The number of benzene rings is 2. The van der Waals surface area contributed by atoms with Gasteiger partial charge in [0.2, 0.25) is 0 Å². The van der Waals surface area contributed by atoms with Crippen LogP contribution in [0, 0.1) is 10.1 Å². The van der Waals surface area contributed by atoms with Crippen LogP contribution in [0.3, 0.4) is 0 Å². The lowest BCUT2D eigenvalue weighted by Crippen LogP contribution is -1.97. The lowest BCUT2D eigenvalue weighted by molar-refractivity contribution is -0.383. The summed E-state index contributed by atoms with van der Waals surface area (Å²) in [4.78, 5) is 22.7. The summed E-state index contributed by atoms with van der Waals surface area (Å²) in [5, 5.41) is 13.8. The Morgan fingerprint density at radius 3 is 2.64 bits per heavy atom. The molecular formula is C16H13BrN2O3. The van der Waals surface area contributed by atoms with E-state index in [0.29, 0.717) is 21.3 Å². The SMILES string of the molecule is CNc1ccc(/C=C/C(=O)c2ccccc2Br)cc1[N+](=O)[O-]. The Balaban J connectivity index is 2.27. The van der Waals surface area contributed by atoms with Gasteiger partial charge in [0.1, 0.15) is 5.69 Å². The Morgan fingerprint density at radius 2 is 2.00 bits per heavy atom. The zero-order chi connectivity index (χ0) is 16.1. The number of carbonyl (C=O) groups excluding carboxylic acids is 1. The monoisotopic (exact) mass is 360 g/mol. The predicted molar refractivity (Wildman–Crippen MR) is 90.1 cm³/mol. The van der Waals surface area contributed by atoms with Gasteiger partial charge in [0.25, 0.3) is 5.69 Å².